The number of carbonyl (C=O) groups excluding carboxylic acids is 2. The van der Waals surface area contributed by atoms with E-state index in [-0.39, 0.29) is 17.5 Å². The van der Waals surface area contributed by atoms with E-state index >= 15 is 0 Å². The van der Waals surface area contributed by atoms with Crippen molar-refractivity contribution in [1.29, 1.82) is 0 Å². The lowest BCUT2D eigenvalue weighted by Gasteiger charge is -2.22. The molecule has 1 saturated heterocycles. The van der Waals surface area contributed by atoms with Gasteiger partial charge in [0.1, 0.15) is 11.7 Å². The summed E-state index contributed by atoms with van der Waals surface area (Å²) in [4.78, 5) is 23.5. The minimum Gasteiger partial charge on any atom is -0.339 e. The Kier molecular flexibility index (Phi) is 2.99. The topological polar surface area (TPSA) is 58.2 Å². The van der Waals surface area contributed by atoms with Gasteiger partial charge in [-0.25, -0.2) is 0 Å². The Morgan fingerprint density at radius 2 is 1.80 bits per heavy atom. The van der Waals surface area contributed by atoms with Crippen molar-refractivity contribution in [2.24, 2.45) is 0 Å². The molecule has 0 unspecified atom stereocenters. The summed E-state index contributed by atoms with van der Waals surface area (Å²) in [6.45, 7) is 1.65. The number of nitrogens with one attached hydrogen (secondary N) is 2. The van der Waals surface area contributed by atoms with Crippen LogP contribution in [0.3, 0.4) is 0 Å². The Labute approximate surface area is 116 Å². The third-order valence-electron chi connectivity index (χ3n) is 3.37. The molecule has 20 heavy (non-hydrogen) atoms. The van der Waals surface area contributed by atoms with E-state index in [2.05, 4.69) is 10.6 Å². The van der Waals surface area contributed by atoms with E-state index in [0.717, 1.165) is 16.3 Å². The number of hydrogen-bond acceptors (Lipinski definition) is 2. The highest BCUT2D eigenvalue weighted by Crippen LogP contribution is 2.21. The molecule has 0 aliphatic carbocycles. The van der Waals surface area contributed by atoms with Crippen LogP contribution in [0.15, 0.2) is 48.2 Å². The number of amides is 2. The molecule has 0 spiro atoms. The van der Waals surface area contributed by atoms with E-state index in [1.807, 2.05) is 42.5 Å². The van der Waals surface area contributed by atoms with Crippen LogP contribution in [0, 0.1) is 0 Å². The Balaban J connectivity index is 2.06. The lowest BCUT2D eigenvalue weighted by Crippen LogP contribution is -2.53. The minimum atomic E-state index is -0.493. The molecule has 2 amide bonds. The van der Waals surface area contributed by atoms with Crippen LogP contribution in [0.25, 0.3) is 16.8 Å². The zero-order valence-corrected chi connectivity index (χ0v) is 11.0. The summed E-state index contributed by atoms with van der Waals surface area (Å²) in [7, 11) is 0. The quantitative estimate of drug-likeness (QED) is 0.773. The first-order valence-corrected chi connectivity index (χ1v) is 6.46. The molecule has 2 N–H and O–H groups in total. The van der Waals surface area contributed by atoms with Crippen LogP contribution >= 0.6 is 0 Å². The molecule has 1 heterocycles. The van der Waals surface area contributed by atoms with Gasteiger partial charge < -0.3 is 10.6 Å². The van der Waals surface area contributed by atoms with Gasteiger partial charge in [-0.05, 0) is 29.3 Å². The van der Waals surface area contributed by atoms with E-state index in [1.165, 1.54) is 0 Å². The van der Waals surface area contributed by atoms with Crippen molar-refractivity contribution in [3.63, 3.8) is 0 Å². The van der Waals surface area contributed by atoms with Crippen LogP contribution in [-0.2, 0) is 9.59 Å². The summed E-state index contributed by atoms with van der Waals surface area (Å²) in [6, 6.07) is 13.3. The van der Waals surface area contributed by atoms with E-state index < -0.39 is 6.04 Å². The first-order chi connectivity index (χ1) is 9.65. The molecule has 0 saturated carbocycles. The van der Waals surface area contributed by atoms with Gasteiger partial charge in [-0.15, -0.1) is 0 Å². The summed E-state index contributed by atoms with van der Waals surface area (Å²) in [5, 5.41) is 7.41. The molecule has 4 heteroatoms. The SMILES string of the molecule is C[C@@H]1NC(=O)C(=Cc2cccc3ccccc23)NC1=O. The van der Waals surface area contributed by atoms with Crippen LogP contribution in [0.2, 0.25) is 0 Å². The van der Waals surface area contributed by atoms with Gasteiger partial charge in [0.15, 0.2) is 0 Å². The standard InChI is InChI=1S/C16H14N2O2/c1-10-15(19)18-14(16(20)17-10)9-12-7-4-6-11-5-2-3-8-13(11)12/h2-10H,1H3,(H,17,20)(H,18,19)/t10-/m0/s1. The van der Waals surface area contributed by atoms with Crippen molar-refractivity contribution in [1.82, 2.24) is 10.6 Å². The number of fused-ring (bicyclic) bond motifs is 1. The van der Waals surface area contributed by atoms with Gasteiger partial charge in [-0.3, -0.25) is 9.59 Å². The molecule has 1 atom stereocenters. The summed E-state index contributed by atoms with van der Waals surface area (Å²) in [6.07, 6.45) is 1.71. The second-order valence-electron chi connectivity index (χ2n) is 4.81. The molecule has 0 bridgehead atoms. The number of hydrogen-bond donors (Lipinski definition) is 2. The van der Waals surface area contributed by atoms with Gasteiger partial charge in [0, 0.05) is 0 Å². The molecular weight excluding hydrogens is 252 g/mol. The maximum Gasteiger partial charge on any atom is 0.268 e. The highest BCUT2D eigenvalue weighted by molar-refractivity contribution is 6.08. The van der Waals surface area contributed by atoms with Crippen molar-refractivity contribution in [3.05, 3.63) is 53.7 Å². The molecule has 2 aromatic rings. The zero-order chi connectivity index (χ0) is 14.1. The molecule has 0 radical (unpaired) electrons. The average molecular weight is 266 g/mol. The first kappa shape index (κ1) is 12.4. The number of carbonyl (C=O) groups is 2. The molecular formula is C16H14N2O2. The van der Waals surface area contributed by atoms with Gasteiger partial charge in [0.25, 0.3) is 5.91 Å². The third kappa shape index (κ3) is 2.16. The first-order valence-electron chi connectivity index (χ1n) is 6.46. The van der Waals surface area contributed by atoms with Gasteiger partial charge in [0.05, 0.1) is 0 Å². The van der Waals surface area contributed by atoms with Crippen LogP contribution in [0.5, 0.6) is 0 Å². The summed E-state index contributed by atoms with van der Waals surface area (Å²) in [5.41, 5.74) is 1.19. The van der Waals surface area contributed by atoms with Crippen LogP contribution in [0.4, 0.5) is 0 Å². The molecule has 1 fully saturated rings. The highest BCUT2D eigenvalue weighted by Gasteiger charge is 2.26. The monoisotopic (exact) mass is 266 g/mol. The van der Waals surface area contributed by atoms with Crippen molar-refractivity contribution in [2.45, 2.75) is 13.0 Å². The number of piperazine rings is 1. The second kappa shape index (κ2) is 4.81. The molecule has 0 aromatic heterocycles. The fourth-order valence-corrected chi connectivity index (χ4v) is 2.27. The van der Waals surface area contributed by atoms with E-state index in [1.54, 1.807) is 13.0 Å². The zero-order valence-electron chi connectivity index (χ0n) is 11.0. The van der Waals surface area contributed by atoms with Crippen LogP contribution in [-0.4, -0.2) is 17.9 Å². The second-order valence-corrected chi connectivity index (χ2v) is 4.81. The smallest absolute Gasteiger partial charge is 0.268 e. The molecule has 3 rings (SSSR count). The average Bonchev–Trinajstić information content (AvgIpc) is 2.45. The van der Waals surface area contributed by atoms with Gasteiger partial charge in [-0.2, -0.15) is 0 Å². The summed E-state index contributed by atoms with van der Waals surface area (Å²) in [5.74, 6) is -0.457. The maximum atomic E-state index is 11.9. The predicted molar refractivity (Wildman–Crippen MR) is 77.7 cm³/mol. The molecule has 1 aliphatic rings. The number of rotatable bonds is 1. The normalized spacial score (nSPS) is 20.9. The van der Waals surface area contributed by atoms with Gasteiger partial charge in [0.2, 0.25) is 5.91 Å². The Morgan fingerprint density at radius 1 is 1.05 bits per heavy atom. The van der Waals surface area contributed by atoms with E-state index in [4.69, 9.17) is 0 Å². The minimum absolute atomic E-state index is 0.198. The summed E-state index contributed by atoms with van der Waals surface area (Å²) < 4.78 is 0. The maximum absolute atomic E-state index is 11.9. The Morgan fingerprint density at radius 3 is 2.65 bits per heavy atom. The van der Waals surface area contributed by atoms with E-state index in [9.17, 15) is 9.59 Å². The molecule has 100 valence electrons. The molecule has 1 aliphatic heterocycles. The summed E-state index contributed by atoms with van der Waals surface area (Å²) >= 11 is 0. The van der Waals surface area contributed by atoms with Gasteiger partial charge >= 0.3 is 0 Å². The van der Waals surface area contributed by atoms with Crippen LogP contribution < -0.4 is 10.6 Å². The largest absolute Gasteiger partial charge is 0.339 e. The fraction of sp³-hybridized carbons (Fsp3) is 0.125. The van der Waals surface area contributed by atoms with E-state index in [0.29, 0.717) is 0 Å². The van der Waals surface area contributed by atoms with Crippen LogP contribution in [0.1, 0.15) is 12.5 Å². The van der Waals surface area contributed by atoms with Crippen molar-refractivity contribution in [3.8, 4) is 0 Å². The molecule has 2 aromatic carbocycles. The third-order valence-corrected chi connectivity index (χ3v) is 3.37. The van der Waals surface area contributed by atoms with Crippen molar-refractivity contribution < 1.29 is 9.59 Å². The highest BCUT2D eigenvalue weighted by atomic mass is 16.2. The lowest BCUT2D eigenvalue weighted by atomic mass is 10.0. The van der Waals surface area contributed by atoms with Crippen molar-refractivity contribution in [2.75, 3.05) is 0 Å². The number of benzene rings is 2. The van der Waals surface area contributed by atoms with Crippen molar-refractivity contribution >= 4 is 28.7 Å². The lowest BCUT2D eigenvalue weighted by molar-refractivity contribution is -0.130. The fourth-order valence-electron chi connectivity index (χ4n) is 2.27. The van der Waals surface area contributed by atoms with Gasteiger partial charge in [-0.1, -0.05) is 42.5 Å². The Bertz CT molecular complexity index is 729. The molecule has 4 nitrogen and oxygen atoms in total. The predicted octanol–water partition coefficient (Wildman–Crippen LogP) is 1.82. The Hall–Kier alpha value is -2.62.